The molecule has 266 valence electrons. The number of furan rings is 1. The first-order valence-corrected chi connectivity index (χ1v) is 19.7. The molecule has 2 aliphatic rings. The van der Waals surface area contributed by atoms with Crippen LogP contribution in [0.15, 0.2) is 168 Å². The first-order valence-electron chi connectivity index (χ1n) is 19.7. The maximum atomic E-state index is 6.38. The van der Waals surface area contributed by atoms with Gasteiger partial charge in [-0.05, 0) is 156 Å². The average Bonchev–Trinajstić information content (AvgIpc) is 3.77. The van der Waals surface area contributed by atoms with E-state index in [1.165, 1.54) is 87.6 Å². The van der Waals surface area contributed by atoms with Crippen molar-refractivity contribution in [2.24, 2.45) is 0 Å². The van der Waals surface area contributed by atoms with Gasteiger partial charge in [-0.25, -0.2) is 0 Å². The molecule has 0 N–H and O–H groups in total. The SMILES string of the molecule is CC1(C)c2cc3ccccc3cc2-c2cc3ccc(N(c4ccc5c(c4)C(C)(C)c4cc6c(cc4-5)oc4ccccc46)c4ccc5ccccc5c4)cc3cc21. The quantitative estimate of drug-likeness (QED) is 0.181. The monoisotopic (exact) mass is 717 g/mol. The Balaban J connectivity index is 1.03. The third-order valence-corrected chi connectivity index (χ3v) is 13.1. The van der Waals surface area contributed by atoms with Crippen LogP contribution in [0.25, 0.3) is 76.5 Å². The van der Waals surface area contributed by atoms with Crippen molar-refractivity contribution in [3.05, 3.63) is 186 Å². The van der Waals surface area contributed by atoms with E-state index in [4.69, 9.17) is 4.42 Å². The highest BCUT2D eigenvalue weighted by atomic mass is 16.3. The molecule has 2 heteroatoms. The zero-order valence-corrected chi connectivity index (χ0v) is 31.9. The Labute approximate surface area is 326 Å². The Morgan fingerprint density at radius 1 is 0.339 bits per heavy atom. The van der Waals surface area contributed by atoms with E-state index >= 15 is 0 Å². The van der Waals surface area contributed by atoms with Gasteiger partial charge in [0.25, 0.3) is 0 Å². The van der Waals surface area contributed by atoms with Gasteiger partial charge in [0.2, 0.25) is 0 Å². The molecule has 10 aromatic rings. The molecule has 1 heterocycles. The molecule has 0 amide bonds. The molecule has 0 atom stereocenters. The van der Waals surface area contributed by atoms with E-state index in [1.54, 1.807) is 0 Å². The Bertz CT molecular complexity index is 3320. The van der Waals surface area contributed by atoms with Crippen LogP contribution in [-0.4, -0.2) is 0 Å². The van der Waals surface area contributed by atoms with E-state index in [1.807, 2.05) is 6.07 Å². The summed E-state index contributed by atoms with van der Waals surface area (Å²) in [6.07, 6.45) is 0. The fourth-order valence-corrected chi connectivity index (χ4v) is 10.1. The van der Waals surface area contributed by atoms with Gasteiger partial charge < -0.3 is 9.32 Å². The van der Waals surface area contributed by atoms with Gasteiger partial charge in [-0.3, -0.25) is 0 Å². The fourth-order valence-electron chi connectivity index (χ4n) is 10.1. The van der Waals surface area contributed by atoms with Crippen molar-refractivity contribution in [3.8, 4) is 22.3 Å². The van der Waals surface area contributed by atoms with Gasteiger partial charge in [0.15, 0.2) is 0 Å². The Morgan fingerprint density at radius 3 is 1.55 bits per heavy atom. The molecule has 1 aromatic heterocycles. The van der Waals surface area contributed by atoms with E-state index in [9.17, 15) is 0 Å². The van der Waals surface area contributed by atoms with E-state index in [-0.39, 0.29) is 10.8 Å². The summed E-state index contributed by atoms with van der Waals surface area (Å²) in [6, 6.07) is 61.0. The lowest BCUT2D eigenvalue weighted by molar-refractivity contribution is 0.658. The Morgan fingerprint density at radius 2 is 0.821 bits per heavy atom. The summed E-state index contributed by atoms with van der Waals surface area (Å²) in [7, 11) is 0. The van der Waals surface area contributed by atoms with Gasteiger partial charge in [0.1, 0.15) is 11.2 Å². The zero-order chi connectivity index (χ0) is 37.5. The average molecular weight is 718 g/mol. The molecule has 0 saturated carbocycles. The van der Waals surface area contributed by atoms with Crippen LogP contribution in [-0.2, 0) is 10.8 Å². The van der Waals surface area contributed by atoms with Crippen molar-refractivity contribution in [2.75, 3.05) is 4.90 Å². The number of anilines is 3. The van der Waals surface area contributed by atoms with E-state index in [0.717, 1.165) is 28.2 Å². The number of hydrogen-bond acceptors (Lipinski definition) is 2. The first kappa shape index (κ1) is 31.7. The smallest absolute Gasteiger partial charge is 0.136 e. The predicted molar refractivity (Wildman–Crippen MR) is 236 cm³/mol. The molecule has 0 radical (unpaired) electrons. The molecule has 56 heavy (non-hydrogen) atoms. The molecule has 0 spiro atoms. The van der Waals surface area contributed by atoms with Crippen molar-refractivity contribution < 1.29 is 4.42 Å². The molecule has 0 aliphatic heterocycles. The van der Waals surface area contributed by atoms with E-state index in [0.29, 0.717) is 0 Å². The van der Waals surface area contributed by atoms with E-state index in [2.05, 4.69) is 190 Å². The summed E-state index contributed by atoms with van der Waals surface area (Å²) < 4.78 is 6.38. The van der Waals surface area contributed by atoms with Crippen LogP contribution in [0.1, 0.15) is 49.9 Å². The van der Waals surface area contributed by atoms with Crippen molar-refractivity contribution in [1.29, 1.82) is 0 Å². The fraction of sp³-hybridized carbons (Fsp3) is 0.111. The highest BCUT2D eigenvalue weighted by Crippen LogP contribution is 2.54. The summed E-state index contributed by atoms with van der Waals surface area (Å²) in [5.74, 6) is 0. The van der Waals surface area contributed by atoms with Gasteiger partial charge >= 0.3 is 0 Å². The zero-order valence-electron chi connectivity index (χ0n) is 31.9. The van der Waals surface area contributed by atoms with Crippen LogP contribution < -0.4 is 4.90 Å². The third kappa shape index (κ3) is 4.33. The Hall–Kier alpha value is -6.64. The van der Waals surface area contributed by atoms with Crippen LogP contribution in [0.2, 0.25) is 0 Å². The highest BCUT2D eigenvalue weighted by molar-refractivity contribution is 6.08. The number of fused-ring (bicyclic) bond motifs is 12. The van der Waals surface area contributed by atoms with Crippen LogP contribution >= 0.6 is 0 Å². The van der Waals surface area contributed by atoms with Gasteiger partial charge in [0.05, 0.1) is 0 Å². The van der Waals surface area contributed by atoms with Gasteiger partial charge in [0, 0.05) is 38.7 Å². The summed E-state index contributed by atoms with van der Waals surface area (Å²) in [5.41, 5.74) is 15.7. The summed E-state index contributed by atoms with van der Waals surface area (Å²) >= 11 is 0. The number of benzene rings is 9. The largest absolute Gasteiger partial charge is 0.456 e. The topological polar surface area (TPSA) is 16.4 Å². The molecule has 2 nitrogen and oxygen atoms in total. The van der Waals surface area contributed by atoms with Gasteiger partial charge in [-0.2, -0.15) is 0 Å². The minimum atomic E-state index is -0.197. The van der Waals surface area contributed by atoms with Crippen LogP contribution in [0.3, 0.4) is 0 Å². The maximum absolute atomic E-state index is 6.38. The summed E-state index contributed by atoms with van der Waals surface area (Å²) in [4.78, 5) is 2.45. The molecule has 0 bridgehead atoms. The first-order chi connectivity index (χ1) is 27.2. The van der Waals surface area contributed by atoms with E-state index < -0.39 is 0 Å². The second-order valence-electron chi connectivity index (χ2n) is 17.0. The number of hydrogen-bond donors (Lipinski definition) is 0. The van der Waals surface area contributed by atoms with Gasteiger partial charge in [-0.1, -0.05) is 113 Å². The van der Waals surface area contributed by atoms with Crippen LogP contribution in [0.5, 0.6) is 0 Å². The second kappa shape index (κ2) is 11.0. The lowest BCUT2D eigenvalue weighted by Crippen LogP contribution is -2.16. The van der Waals surface area contributed by atoms with Crippen LogP contribution in [0, 0.1) is 0 Å². The molecular weight excluding hydrogens is 679 g/mol. The van der Waals surface area contributed by atoms with Crippen molar-refractivity contribution in [2.45, 2.75) is 38.5 Å². The molecule has 0 unspecified atom stereocenters. The normalized spacial score (nSPS) is 14.7. The minimum Gasteiger partial charge on any atom is -0.456 e. The molecule has 2 aliphatic carbocycles. The molecule has 0 fully saturated rings. The van der Waals surface area contributed by atoms with Crippen molar-refractivity contribution >= 4 is 71.3 Å². The van der Waals surface area contributed by atoms with Crippen molar-refractivity contribution in [1.82, 2.24) is 0 Å². The second-order valence-corrected chi connectivity index (χ2v) is 17.0. The van der Waals surface area contributed by atoms with Crippen molar-refractivity contribution in [3.63, 3.8) is 0 Å². The summed E-state index contributed by atoms with van der Waals surface area (Å²) in [5, 5.41) is 9.91. The molecule has 12 rings (SSSR count). The standard InChI is InChI=1S/C54H39NO/c1-53(2)47-27-35-14-8-7-13-34(35)25-43(47)44-26-36-18-20-39(24-37(36)28-48(44)53)55(38-19-17-32-11-5-6-12-33(32)23-38)40-21-22-41-45-31-52-46(42-15-9-10-16-51(42)56-52)30-50(45)54(3,4)49(41)29-40/h5-31H,1-4H3. The number of rotatable bonds is 3. The lowest BCUT2D eigenvalue weighted by atomic mass is 9.81. The van der Waals surface area contributed by atoms with Crippen LogP contribution in [0.4, 0.5) is 17.1 Å². The third-order valence-electron chi connectivity index (χ3n) is 13.1. The number of nitrogens with zero attached hydrogens (tertiary/aromatic N) is 1. The molecule has 9 aromatic carbocycles. The Kier molecular flexibility index (Phi) is 6.22. The predicted octanol–water partition coefficient (Wildman–Crippen LogP) is 15.1. The minimum absolute atomic E-state index is 0.106. The maximum Gasteiger partial charge on any atom is 0.136 e. The number of para-hydroxylation sites is 1. The molecule has 0 saturated heterocycles. The molecular formula is C54H39NO. The highest BCUT2D eigenvalue weighted by Gasteiger charge is 2.38. The lowest BCUT2D eigenvalue weighted by Gasteiger charge is -2.29. The summed E-state index contributed by atoms with van der Waals surface area (Å²) in [6.45, 7) is 9.51. The van der Waals surface area contributed by atoms with Gasteiger partial charge in [-0.15, -0.1) is 0 Å².